The Labute approximate surface area is 121 Å². The Morgan fingerprint density at radius 3 is 2.05 bits per heavy atom. The molecule has 0 bridgehead atoms. The molecule has 1 rings (SSSR count). The zero-order valence-electron chi connectivity index (χ0n) is 11.6. The maximum atomic E-state index is 13.1. The van der Waals surface area contributed by atoms with Crippen LogP contribution in [0.3, 0.4) is 0 Å². The minimum atomic E-state index is -5.83. The van der Waals surface area contributed by atoms with Gasteiger partial charge in [-0.1, -0.05) is 13.0 Å². The first-order valence-corrected chi connectivity index (χ1v) is 6.08. The van der Waals surface area contributed by atoms with E-state index >= 15 is 0 Å². The van der Waals surface area contributed by atoms with Gasteiger partial charge in [-0.15, -0.1) is 0 Å². The van der Waals surface area contributed by atoms with Crippen LogP contribution in [0.5, 0.6) is 0 Å². The van der Waals surface area contributed by atoms with Gasteiger partial charge in [0.15, 0.2) is 0 Å². The maximum absolute atomic E-state index is 13.1. The van der Waals surface area contributed by atoms with E-state index in [9.17, 15) is 31.1 Å². The number of rotatable bonds is 4. The second kappa shape index (κ2) is 6.01. The van der Waals surface area contributed by atoms with Crippen LogP contribution < -0.4 is 10.6 Å². The minimum Gasteiger partial charge on any atom is -0.332 e. The van der Waals surface area contributed by atoms with Gasteiger partial charge in [0.05, 0.1) is 0 Å². The van der Waals surface area contributed by atoms with Gasteiger partial charge >= 0.3 is 18.0 Å². The van der Waals surface area contributed by atoms with E-state index in [1.54, 1.807) is 6.92 Å². The van der Waals surface area contributed by atoms with Crippen LogP contribution in [0.1, 0.15) is 18.9 Å². The van der Waals surface area contributed by atoms with Gasteiger partial charge in [-0.3, -0.25) is 4.79 Å². The van der Waals surface area contributed by atoms with Crippen molar-refractivity contribution in [3.8, 4) is 0 Å². The van der Waals surface area contributed by atoms with Crippen LogP contribution in [0.15, 0.2) is 18.3 Å². The molecule has 2 N–H and O–H groups in total. The summed E-state index contributed by atoms with van der Waals surface area (Å²) in [5.41, 5.74) is -4.07. The number of hydrogen-bond donors (Lipinski definition) is 2. The number of halogens is 6. The summed E-state index contributed by atoms with van der Waals surface area (Å²) in [7, 11) is 0. The molecule has 4 nitrogen and oxygen atoms in total. The molecule has 0 saturated heterocycles. The largest absolute Gasteiger partial charge is 0.439 e. The molecule has 0 fully saturated rings. The highest BCUT2D eigenvalue weighted by molar-refractivity contribution is 5.77. The van der Waals surface area contributed by atoms with Gasteiger partial charge < -0.3 is 10.6 Å². The average molecular weight is 329 g/mol. The molecule has 1 heterocycles. The summed E-state index contributed by atoms with van der Waals surface area (Å²) in [5.74, 6) is -2.08. The third kappa shape index (κ3) is 3.60. The van der Waals surface area contributed by atoms with Crippen LogP contribution >= 0.6 is 0 Å². The minimum absolute atomic E-state index is 0.545. The van der Waals surface area contributed by atoms with E-state index in [4.69, 9.17) is 0 Å². The highest BCUT2D eigenvalue weighted by atomic mass is 19.4. The van der Waals surface area contributed by atoms with Gasteiger partial charge in [-0.2, -0.15) is 26.3 Å². The normalized spacial score (nSPS) is 12.9. The fourth-order valence-electron chi connectivity index (χ4n) is 1.51. The molecule has 1 aromatic heterocycles. The van der Waals surface area contributed by atoms with E-state index in [2.05, 4.69) is 4.98 Å². The second-order valence-corrected chi connectivity index (χ2v) is 4.49. The van der Waals surface area contributed by atoms with Crippen LogP contribution in [0.2, 0.25) is 0 Å². The van der Waals surface area contributed by atoms with E-state index in [1.807, 2.05) is 0 Å². The zero-order chi connectivity index (χ0) is 17.2. The molecule has 0 aromatic carbocycles. The first kappa shape index (κ1) is 18.1. The van der Waals surface area contributed by atoms with Crippen molar-refractivity contribution >= 4 is 11.7 Å². The number of carbonyl (C=O) groups is 1. The Balaban J connectivity index is 3.35. The van der Waals surface area contributed by atoms with Crippen LogP contribution in [0.25, 0.3) is 0 Å². The van der Waals surface area contributed by atoms with Gasteiger partial charge in [0.2, 0.25) is 5.91 Å². The van der Waals surface area contributed by atoms with Crippen LogP contribution in [0.4, 0.5) is 32.2 Å². The lowest BCUT2D eigenvalue weighted by Gasteiger charge is -2.38. The number of nitrogens with one attached hydrogen (secondary N) is 2. The number of aryl methyl sites for hydroxylation is 1. The fourth-order valence-corrected chi connectivity index (χ4v) is 1.51. The quantitative estimate of drug-likeness (QED) is 0.659. The van der Waals surface area contributed by atoms with Crippen molar-refractivity contribution in [3.63, 3.8) is 0 Å². The lowest BCUT2D eigenvalue weighted by atomic mass is 10.1. The Hall–Kier alpha value is -2.00. The van der Waals surface area contributed by atoms with Crippen molar-refractivity contribution in [2.45, 2.75) is 38.3 Å². The number of pyridine rings is 1. The smallest absolute Gasteiger partial charge is 0.332 e. The van der Waals surface area contributed by atoms with Gasteiger partial charge in [-0.25, -0.2) is 4.98 Å². The highest BCUT2D eigenvalue weighted by Gasteiger charge is 2.72. The molecule has 1 aromatic rings. The Kier molecular flexibility index (Phi) is 4.93. The van der Waals surface area contributed by atoms with Crippen molar-refractivity contribution in [1.82, 2.24) is 10.3 Å². The summed E-state index contributed by atoms with van der Waals surface area (Å²) in [4.78, 5) is 14.7. The predicted molar refractivity (Wildman–Crippen MR) is 65.9 cm³/mol. The highest BCUT2D eigenvalue weighted by Crippen LogP contribution is 2.43. The molecule has 0 saturated carbocycles. The average Bonchev–Trinajstić information content (AvgIpc) is 2.37. The van der Waals surface area contributed by atoms with Crippen molar-refractivity contribution in [1.29, 1.82) is 0 Å². The van der Waals surface area contributed by atoms with Crippen LogP contribution in [-0.4, -0.2) is 28.9 Å². The fraction of sp³-hybridized carbons (Fsp3) is 0.500. The summed E-state index contributed by atoms with van der Waals surface area (Å²) in [6, 6.07) is 2.24. The van der Waals surface area contributed by atoms with E-state index < -0.39 is 36.2 Å². The third-order valence-corrected chi connectivity index (χ3v) is 2.73. The molecular formula is C12H13F6N3O. The third-order valence-electron chi connectivity index (χ3n) is 2.73. The van der Waals surface area contributed by atoms with E-state index in [0.717, 1.165) is 24.5 Å². The van der Waals surface area contributed by atoms with Gasteiger partial charge in [0.25, 0.3) is 0 Å². The Morgan fingerprint density at radius 2 is 1.68 bits per heavy atom. The molecule has 0 spiro atoms. The Bertz CT molecular complexity index is 509. The summed E-state index contributed by atoms with van der Waals surface area (Å²) < 4.78 is 78.6. The van der Waals surface area contributed by atoms with Crippen LogP contribution in [-0.2, 0) is 4.79 Å². The summed E-state index contributed by atoms with van der Waals surface area (Å²) in [5, 5.41) is 2.25. The van der Waals surface area contributed by atoms with Gasteiger partial charge in [0.1, 0.15) is 5.82 Å². The topological polar surface area (TPSA) is 54.0 Å². The number of aromatic nitrogens is 1. The maximum Gasteiger partial charge on any atom is 0.439 e. The number of nitrogens with zero attached hydrogens (tertiary/aromatic N) is 1. The van der Waals surface area contributed by atoms with E-state index in [-0.39, 0.29) is 0 Å². The molecule has 22 heavy (non-hydrogen) atoms. The molecular weight excluding hydrogens is 316 g/mol. The van der Waals surface area contributed by atoms with Crippen molar-refractivity contribution in [2.75, 3.05) is 5.32 Å². The molecule has 10 heteroatoms. The molecule has 1 amide bonds. The first-order chi connectivity index (χ1) is 9.93. The molecule has 124 valence electrons. The Morgan fingerprint density at radius 1 is 1.14 bits per heavy atom. The number of hydrogen-bond acceptors (Lipinski definition) is 3. The standard InChI is InChI=1S/C12H13F6N3O/c1-3-9(22)21-10(11(13,14)15,12(16,17)18)20-8-5-4-7(2)6-19-8/h4-6H,3H2,1-2H3,(H,19,20)(H,21,22). The SMILES string of the molecule is CCC(=O)NC(Nc1ccc(C)cn1)(C(F)(F)F)C(F)(F)F. The first-order valence-electron chi connectivity index (χ1n) is 6.08. The number of alkyl halides is 6. The lowest BCUT2D eigenvalue weighted by Crippen LogP contribution is -2.72. The van der Waals surface area contributed by atoms with Crippen molar-refractivity contribution < 1.29 is 31.1 Å². The number of amides is 1. The van der Waals surface area contributed by atoms with Crippen molar-refractivity contribution in [2.24, 2.45) is 0 Å². The number of carbonyl (C=O) groups excluding carboxylic acids is 1. The molecule has 0 unspecified atom stereocenters. The van der Waals surface area contributed by atoms with E-state index in [0.29, 0.717) is 5.56 Å². The monoisotopic (exact) mass is 329 g/mol. The molecule has 0 aliphatic heterocycles. The molecule has 0 atom stereocenters. The molecule has 0 aliphatic carbocycles. The van der Waals surface area contributed by atoms with Gasteiger partial charge in [-0.05, 0) is 18.6 Å². The predicted octanol–water partition coefficient (Wildman–Crippen LogP) is 3.15. The summed E-state index contributed by atoms with van der Waals surface area (Å²) in [6.07, 6.45) is -11.1. The molecule has 0 radical (unpaired) electrons. The van der Waals surface area contributed by atoms with Crippen LogP contribution in [0, 0.1) is 6.92 Å². The second-order valence-electron chi connectivity index (χ2n) is 4.49. The van der Waals surface area contributed by atoms with Crippen molar-refractivity contribution in [3.05, 3.63) is 23.9 Å². The van der Waals surface area contributed by atoms with E-state index in [1.165, 1.54) is 11.4 Å². The zero-order valence-corrected chi connectivity index (χ0v) is 11.6. The lowest BCUT2D eigenvalue weighted by molar-refractivity contribution is -0.296. The summed E-state index contributed by atoms with van der Waals surface area (Å²) >= 11 is 0. The molecule has 0 aliphatic rings. The summed E-state index contributed by atoms with van der Waals surface area (Å²) in [6.45, 7) is 2.70. The number of anilines is 1. The van der Waals surface area contributed by atoms with Gasteiger partial charge in [0, 0.05) is 12.6 Å².